The molecule has 0 unspecified atom stereocenters. The highest BCUT2D eigenvalue weighted by molar-refractivity contribution is 7.21. The number of ether oxygens (including phenoxy) is 2. The van der Waals surface area contributed by atoms with Crippen molar-refractivity contribution in [2.24, 2.45) is 0 Å². The molecule has 0 radical (unpaired) electrons. The number of amides is 1. The zero-order valence-electron chi connectivity index (χ0n) is 14.8. The summed E-state index contributed by atoms with van der Waals surface area (Å²) in [7, 11) is 3.14. The van der Waals surface area contributed by atoms with Crippen molar-refractivity contribution in [3.05, 3.63) is 65.9 Å². The molecule has 0 aliphatic heterocycles. The van der Waals surface area contributed by atoms with Crippen LogP contribution in [0, 0.1) is 0 Å². The van der Waals surface area contributed by atoms with Crippen LogP contribution in [0.15, 0.2) is 61.1 Å². The van der Waals surface area contributed by atoms with Crippen molar-refractivity contribution in [3.8, 4) is 17.2 Å². The molecule has 3 heterocycles. The van der Waals surface area contributed by atoms with E-state index in [0.29, 0.717) is 22.1 Å². The minimum Gasteiger partial charge on any atom is -0.497 e. The molecule has 0 spiro atoms. The predicted octanol–water partition coefficient (Wildman–Crippen LogP) is 4.36. The van der Waals surface area contributed by atoms with Gasteiger partial charge in [-0.15, -0.1) is 11.3 Å². The molecule has 0 saturated carbocycles. The van der Waals surface area contributed by atoms with Crippen molar-refractivity contribution in [2.45, 2.75) is 0 Å². The van der Waals surface area contributed by atoms with Gasteiger partial charge >= 0.3 is 0 Å². The summed E-state index contributed by atoms with van der Waals surface area (Å²) in [6, 6.07) is 13.0. The van der Waals surface area contributed by atoms with Crippen LogP contribution in [0.25, 0.3) is 15.9 Å². The van der Waals surface area contributed by atoms with Gasteiger partial charge in [-0.25, -0.2) is 4.98 Å². The lowest BCUT2D eigenvalue weighted by atomic mass is 10.2. The Balaban J connectivity index is 1.77. The van der Waals surface area contributed by atoms with E-state index in [1.165, 1.54) is 11.3 Å². The molecule has 0 aliphatic carbocycles. The second kappa shape index (κ2) is 7.13. The third kappa shape index (κ3) is 3.24. The molecule has 0 bridgehead atoms. The van der Waals surface area contributed by atoms with Gasteiger partial charge in [0.15, 0.2) is 0 Å². The summed E-state index contributed by atoms with van der Waals surface area (Å²) in [6.45, 7) is 0. The summed E-state index contributed by atoms with van der Waals surface area (Å²) >= 11 is 1.36. The van der Waals surface area contributed by atoms with Crippen LogP contribution in [0.1, 0.15) is 9.67 Å². The highest BCUT2D eigenvalue weighted by Gasteiger charge is 2.20. The Morgan fingerprint density at radius 1 is 1.07 bits per heavy atom. The SMILES string of the molecule is COc1cc(NC(=O)c2sc3ncccc3c2-n2cccc2)cc(OC)c1. The maximum absolute atomic E-state index is 13.1. The van der Waals surface area contributed by atoms with Crippen LogP contribution in [0.5, 0.6) is 11.5 Å². The summed E-state index contributed by atoms with van der Waals surface area (Å²) in [5, 5.41) is 3.88. The van der Waals surface area contributed by atoms with Crippen molar-refractivity contribution in [1.29, 1.82) is 0 Å². The lowest BCUT2D eigenvalue weighted by molar-refractivity contribution is 0.103. The molecule has 4 aromatic rings. The Bertz CT molecular complexity index is 1080. The fraction of sp³-hybridized carbons (Fsp3) is 0.100. The lowest BCUT2D eigenvalue weighted by Crippen LogP contribution is -2.12. The molecule has 1 amide bonds. The fourth-order valence-corrected chi connectivity index (χ4v) is 3.92. The number of carbonyl (C=O) groups is 1. The second-order valence-corrected chi connectivity index (χ2v) is 6.78. The van der Waals surface area contributed by atoms with E-state index < -0.39 is 0 Å². The summed E-state index contributed by atoms with van der Waals surface area (Å²) in [5.41, 5.74) is 1.42. The zero-order valence-corrected chi connectivity index (χ0v) is 15.6. The summed E-state index contributed by atoms with van der Waals surface area (Å²) in [6.07, 6.45) is 5.56. The number of anilines is 1. The van der Waals surface area contributed by atoms with Crippen LogP contribution in [0.3, 0.4) is 0 Å². The van der Waals surface area contributed by atoms with Gasteiger partial charge in [0, 0.05) is 47.9 Å². The number of nitrogens with one attached hydrogen (secondary N) is 1. The Morgan fingerprint density at radius 3 is 2.44 bits per heavy atom. The van der Waals surface area contributed by atoms with Crippen molar-refractivity contribution >= 4 is 33.1 Å². The quantitative estimate of drug-likeness (QED) is 0.560. The highest BCUT2D eigenvalue weighted by Crippen LogP contribution is 2.34. The Labute approximate surface area is 160 Å². The van der Waals surface area contributed by atoms with Crippen LogP contribution in [0.4, 0.5) is 5.69 Å². The van der Waals surface area contributed by atoms with Gasteiger partial charge in [0.25, 0.3) is 5.91 Å². The molecule has 27 heavy (non-hydrogen) atoms. The predicted molar refractivity (Wildman–Crippen MR) is 106 cm³/mol. The molecular weight excluding hydrogens is 362 g/mol. The molecule has 6 nitrogen and oxygen atoms in total. The number of hydrogen-bond donors (Lipinski definition) is 1. The van der Waals surface area contributed by atoms with Crippen LogP contribution in [-0.4, -0.2) is 29.7 Å². The molecular formula is C20H17N3O3S. The van der Waals surface area contributed by atoms with Gasteiger partial charge in [0.1, 0.15) is 21.2 Å². The number of methoxy groups -OCH3 is 2. The number of aromatic nitrogens is 2. The van der Waals surface area contributed by atoms with Crippen LogP contribution in [-0.2, 0) is 0 Å². The first-order valence-corrected chi connectivity index (χ1v) is 9.06. The van der Waals surface area contributed by atoms with E-state index in [0.717, 1.165) is 15.9 Å². The Kier molecular flexibility index (Phi) is 4.52. The number of nitrogens with zero attached hydrogens (tertiary/aromatic N) is 2. The van der Waals surface area contributed by atoms with Crippen molar-refractivity contribution in [1.82, 2.24) is 9.55 Å². The minimum atomic E-state index is -0.211. The zero-order chi connectivity index (χ0) is 18.8. The van der Waals surface area contributed by atoms with Crippen molar-refractivity contribution in [2.75, 3.05) is 19.5 Å². The number of fused-ring (bicyclic) bond motifs is 1. The molecule has 0 aliphatic rings. The summed E-state index contributed by atoms with van der Waals surface area (Å²) in [4.78, 5) is 18.9. The number of thiophene rings is 1. The normalized spacial score (nSPS) is 10.7. The molecule has 1 N–H and O–H groups in total. The standard InChI is InChI=1S/C20H17N3O3S/c1-25-14-10-13(11-15(12-14)26-2)22-19(24)18-17(23-8-3-4-9-23)16-6-5-7-21-20(16)27-18/h3-12H,1-2H3,(H,22,24). The average molecular weight is 379 g/mol. The summed E-state index contributed by atoms with van der Waals surface area (Å²) < 4.78 is 12.5. The topological polar surface area (TPSA) is 65.4 Å². The maximum atomic E-state index is 13.1. The van der Waals surface area contributed by atoms with Gasteiger partial charge in [-0.3, -0.25) is 4.79 Å². The van der Waals surface area contributed by atoms with Gasteiger partial charge in [0.05, 0.1) is 19.9 Å². The molecule has 0 saturated heterocycles. The van der Waals surface area contributed by atoms with E-state index in [-0.39, 0.29) is 5.91 Å². The smallest absolute Gasteiger partial charge is 0.267 e. The van der Waals surface area contributed by atoms with Crippen molar-refractivity contribution < 1.29 is 14.3 Å². The van der Waals surface area contributed by atoms with Gasteiger partial charge in [-0.1, -0.05) is 0 Å². The molecule has 0 fully saturated rings. The molecule has 0 atom stereocenters. The molecule has 4 rings (SSSR count). The van der Waals surface area contributed by atoms with Crippen LogP contribution < -0.4 is 14.8 Å². The van der Waals surface area contributed by atoms with E-state index in [1.54, 1.807) is 38.6 Å². The maximum Gasteiger partial charge on any atom is 0.267 e. The number of pyridine rings is 1. The molecule has 3 aromatic heterocycles. The Morgan fingerprint density at radius 2 is 1.78 bits per heavy atom. The summed E-state index contributed by atoms with van der Waals surface area (Å²) in [5.74, 6) is 0.999. The van der Waals surface area contributed by atoms with Gasteiger partial charge < -0.3 is 19.4 Å². The number of rotatable bonds is 5. The second-order valence-electron chi connectivity index (χ2n) is 5.78. The van der Waals surface area contributed by atoms with Crippen molar-refractivity contribution in [3.63, 3.8) is 0 Å². The van der Waals surface area contributed by atoms with E-state index >= 15 is 0 Å². The Hall–Kier alpha value is -3.32. The first-order chi connectivity index (χ1) is 13.2. The van der Waals surface area contributed by atoms with Gasteiger partial charge in [0.2, 0.25) is 0 Å². The monoisotopic (exact) mass is 379 g/mol. The minimum absolute atomic E-state index is 0.211. The third-order valence-electron chi connectivity index (χ3n) is 4.12. The first kappa shape index (κ1) is 17.1. The number of hydrogen-bond acceptors (Lipinski definition) is 5. The van der Waals surface area contributed by atoms with Gasteiger partial charge in [-0.05, 0) is 24.3 Å². The molecule has 7 heteroatoms. The fourth-order valence-electron chi connectivity index (χ4n) is 2.88. The third-order valence-corrected chi connectivity index (χ3v) is 5.22. The van der Waals surface area contributed by atoms with E-state index in [2.05, 4.69) is 10.3 Å². The number of benzene rings is 1. The van der Waals surface area contributed by atoms with E-state index in [1.807, 2.05) is 41.2 Å². The lowest BCUT2D eigenvalue weighted by Gasteiger charge is -2.10. The first-order valence-electron chi connectivity index (χ1n) is 8.25. The van der Waals surface area contributed by atoms with Crippen LogP contribution in [0.2, 0.25) is 0 Å². The van der Waals surface area contributed by atoms with Gasteiger partial charge in [-0.2, -0.15) is 0 Å². The van der Waals surface area contributed by atoms with E-state index in [4.69, 9.17) is 9.47 Å². The molecule has 1 aromatic carbocycles. The average Bonchev–Trinajstić information content (AvgIpc) is 3.34. The number of carbonyl (C=O) groups excluding carboxylic acids is 1. The molecule has 136 valence electrons. The van der Waals surface area contributed by atoms with E-state index in [9.17, 15) is 4.79 Å². The van der Waals surface area contributed by atoms with Crippen LogP contribution >= 0.6 is 11.3 Å². The largest absolute Gasteiger partial charge is 0.497 e. The highest BCUT2D eigenvalue weighted by atomic mass is 32.1.